The minimum absolute atomic E-state index is 0. The molecule has 0 fully saturated rings. The number of rotatable bonds is 6. The maximum absolute atomic E-state index is 10.2. The fourth-order valence-electron chi connectivity index (χ4n) is 1.79. The molecule has 0 radical (unpaired) electrons. The zero-order chi connectivity index (χ0) is 16.2. The van der Waals surface area contributed by atoms with E-state index < -0.39 is 11.9 Å². The molecular weight excluding hydrogens is 316 g/mol. The third kappa shape index (κ3) is 11.0. The van der Waals surface area contributed by atoms with E-state index in [0.717, 1.165) is 11.1 Å². The molecule has 0 aliphatic carbocycles. The Hall–Kier alpha value is -2.33. The van der Waals surface area contributed by atoms with Crippen molar-refractivity contribution in [3.8, 4) is 0 Å². The maximum atomic E-state index is 10.2. The van der Waals surface area contributed by atoms with Crippen LogP contribution < -0.4 is 0 Å². The SMILES string of the molecule is Cl.O=C(O)CCc1ccccc1.O=C(O)CCc1ccccc1. The molecule has 4 nitrogen and oxygen atoms in total. The van der Waals surface area contributed by atoms with Crippen LogP contribution in [0.2, 0.25) is 0 Å². The van der Waals surface area contributed by atoms with Gasteiger partial charge in [0.1, 0.15) is 0 Å². The summed E-state index contributed by atoms with van der Waals surface area (Å²) in [5.41, 5.74) is 2.16. The molecule has 0 aliphatic rings. The van der Waals surface area contributed by atoms with Crippen LogP contribution in [0, 0.1) is 0 Å². The Morgan fingerprint density at radius 2 is 0.957 bits per heavy atom. The van der Waals surface area contributed by atoms with E-state index in [4.69, 9.17) is 10.2 Å². The summed E-state index contributed by atoms with van der Waals surface area (Å²) >= 11 is 0. The molecule has 0 heterocycles. The van der Waals surface area contributed by atoms with Gasteiger partial charge in [-0.15, -0.1) is 12.4 Å². The van der Waals surface area contributed by atoms with Crippen molar-refractivity contribution in [3.05, 3.63) is 71.8 Å². The van der Waals surface area contributed by atoms with Crippen LogP contribution >= 0.6 is 12.4 Å². The molecule has 0 bridgehead atoms. The van der Waals surface area contributed by atoms with E-state index in [2.05, 4.69) is 0 Å². The first-order valence-electron chi connectivity index (χ1n) is 7.09. The highest BCUT2D eigenvalue weighted by Gasteiger charge is 1.97. The smallest absolute Gasteiger partial charge is 0.303 e. The van der Waals surface area contributed by atoms with Gasteiger partial charge in [0, 0.05) is 12.8 Å². The van der Waals surface area contributed by atoms with Crippen molar-refractivity contribution in [1.82, 2.24) is 0 Å². The van der Waals surface area contributed by atoms with Crippen LogP contribution in [0.5, 0.6) is 0 Å². The zero-order valence-electron chi connectivity index (χ0n) is 12.7. The summed E-state index contributed by atoms with van der Waals surface area (Å²) in [7, 11) is 0. The molecule has 2 aromatic rings. The van der Waals surface area contributed by atoms with E-state index in [0.29, 0.717) is 12.8 Å². The minimum atomic E-state index is -0.742. The van der Waals surface area contributed by atoms with Crippen molar-refractivity contribution in [1.29, 1.82) is 0 Å². The molecule has 5 heteroatoms. The number of carboxylic acids is 2. The lowest BCUT2D eigenvalue weighted by molar-refractivity contribution is -0.138. The van der Waals surface area contributed by atoms with Crippen molar-refractivity contribution in [2.75, 3.05) is 0 Å². The van der Waals surface area contributed by atoms with Crippen LogP contribution in [0.3, 0.4) is 0 Å². The normalized spacial score (nSPS) is 9.04. The van der Waals surface area contributed by atoms with Crippen molar-refractivity contribution < 1.29 is 19.8 Å². The first kappa shape index (κ1) is 20.7. The lowest BCUT2D eigenvalue weighted by Crippen LogP contribution is -1.96. The van der Waals surface area contributed by atoms with Crippen LogP contribution in [0.15, 0.2) is 60.7 Å². The molecule has 0 saturated heterocycles. The summed E-state index contributed by atoms with van der Waals surface area (Å²) in [6.07, 6.45) is 1.67. The molecule has 0 spiro atoms. The van der Waals surface area contributed by atoms with E-state index in [-0.39, 0.29) is 25.2 Å². The number of carboxylic acid groups (broad SMARTS) is 2. The monoisotopic (exact) mass is 336 g/mol. The Morgan fingerprint density at radius 3 is 1.22 bits per heavy atom. The van der Waals surface area contributed by atoms with Gasteiger partial charge in [0.15, 0.2) is 0 Å². The van der Waals surface area contributed by atoms with Crippen LogP contribution in [0.1, 0.15) is 24.0 Å². The second-order valence-corrected chi connectivity index (χ2v) is 4.76. The maximum Gasteiger partial charge on any atom is 0.303 e. The highest BCUT2D eigenvalue weighted by atomic mass is 35.5. The Bertz CT molecular complexity index is 517. The molecule has 23 heavy (non-hydrogen) atoms. The third-order valence-corrected chi connectivity index (χ3v) is 2.94. The number of hydrogen-bond donors (Lipinski definition) is 2. The summed E-state index contributed by atoms with van der Waals surface area (Å²) in [6.45, 7) is 0. The Kier molecular flexibility index (Phi) is 11.0. The second-order valence-electron chi connectivity index (χ2n) is 4.76. The first-order chi connectivity index (χ1) is 10.6. The van der Waals surface area contributed by atoms with Gasteiger partial charge in [-0.1, -0.05) is 60.7 Å². The van der Waals surface area contributed by atoms with Gasteiger partial charge < -0.3 is 10.2 Å². The van der Waals surface area contributed by atoms with Gasteiger partial charge in [-0.3, -0.25) is 9.59 Å². The van der Waals surface area contributed by atoms with Crippen LogP contribution in [0.4, 0.5) is 0 Å². The van der Waals surface area contributed by atoms with Gasteiger partial charge in [0.25, 0.3) is 0 Å². The summed E-state index contributed by atoms with van der Waals surface area (Å²) in [6, 6.07) is 19.2. The fraction of sp³-hybridized carbons (Fsp3) is 0.222. The topological polar surface area (TPSA) is 74.6 Å². The molecule has 0 amide bonds. The van der Waals surface area contributed by atoms with Gasteiger partial charge in [0.2, 0.25) is 0 Å². The minimum Gasteiger partial charge on any atom is -0.481 e. The lowest BCUT2D eigenvalue weighted by atomic mass is 10.1. The molecule has 0 saturated carbocycles. The Morgan fingerprint density at radius 1 is 0.652 bits per heavy atom. The number of aryl methyl sites for hydroxylation is 2. The Balaban J connectivity index is 0.000000403. The average Bonchev–Trinajstić information content (AvgIpc) is 2.53. The lowest BCUT2D eigenvalue weighted by Gasteiger charge is -1.95. The number of hydrogen-bond acceptors (Lipinski definition) is 2. The van der Waals surface area contributed by atoms with Crippen LogP contribution in [-0.2, 0) is 22.4 Å². The summed E-state index contributed by atoms with van der Waals surface area (Å²) < 4.78 is 0. The molecule has 0 aliphatic heterocycles. The second kappa shape index (κ2) is 12.2. The molecule has 0 atom stereocenters. The quantitative estimate of drug-likeness (QED) is 0.840. The standard InChI is InChI=1S/2C9H10O2.ClH/c2*10-9(11)7-6-8-4-2-1-3-5-8;/h2*1-5H,6-7H2,(H,10,11);1H. The third-order valence-electron chi connectivity index (χ3n) is 2.94. The van der Waals surface area contributed by atoms with Crippen molar-refractivity contribution in [2.24, 2.45) is 0 Å². The molecule has 2 rings (SSSR count). The largest absolute Gasteiger partial charge is 0.481 e. The van der Waals surface area contributed by atoms with Gasteiger partial charge in [0.05, 0.1) is 0 Å². The molecule has 2 N–H and O–H groups in total. The molecule has 0 aromatic heterocycles. The highest BCUT2D eigenvalue weighted by Crippen LogP contribution is 2.02. The van der Waals surface area contributed by atoms with Crippen molar-refractivity contribution in [3.63, 3.8) is 0 Å². The molecule has 2 aromatic carbocycles. The summed E-state index contributed by atoms with van der Waals surface area (Å²) in [5, 5.41) is 16.7. The van der Waals surface area contributed by atoms with E-state index in [1.165, 1.54) is 0 Å². The fourth-order valence-corrected chi connectivity index (χ4v) is 1.79. The van der Waals surface area contributed by atoms with Gasteiger partial charge in [-0.05, 0) is 24.0 Å². The molecule has 0 unspecified atom stereocenters. The van der Waals surface area contributed by atoms with E-state index >= 15 is 0 Å². The molecule has 124 valence electrons. The average molecular weight is 337 g/mol. The van der Waals surface area contributed by atoms with E-state index in [9.17, 15) is 9.59 Å². The van der Waals surface area contributed by atoms with E-state index in [1.807, 2.05) is 60.7 Å². The van der Waals surface area contributed by atoms with Gasteiger partial charge >= 0.3 is 11.9 Å². The number of halogens is 1. The van der Waals surface area contributed by atoms with Gasteiger partial charge in [-0.2, -0.15) is 0 Å². The molecular formula is C18H21ClO4. The predicted molar refractivity (Wildman–Crippen MR) is 92.0 cm³/mol. The van der Waals surface area contributed by atoms with Gasteiger partial charge in [-0.25, -0.2) is 0 Å². The summed E-state index contributed by atoms with van der Waals surface area (Å²) in [5.74, 6) is -1.48. The van der Waals surface area contributed by atoms with E-state index in [1.54, 1.807) is 0 Å². The number of aliphatic carboxylic acids is 2. The van der Waals surface area contributed by atoms with Crippen LogP contribution in [0.25, 0.3) is 0 Å². The predicted octanol–water partition coefficient (Wildman–Crippen LogP) is 3.83. The zero-order valence-corrected chi connectivity index (χ0v) is 13.5. The Labute approximate surface area is 142 Å². The summed E-state index contributed by atoms with van der Waals surface area (Å²) in [4.78, 5) is 20.3. The number of carbonyl (C=O) groups is 2. The first-order valence-corrected chi connectivity index (χ1v) is 7.09. The number of benzene rings is 2. The highest BCUT2D eigenvalue weighted by molar-refractivity contribution is 5.85. The van der Waals surface area contributed by atoms with Crippen molar-refractivity contribution in [2.45, 2.75) is 25.7 Å². The van der Waals surface area contributed by atoms with Crippen molar-refractivity contribution >= 4 is 24.3 Å². The van der Waals surface area contributed by atoms with Crippen LogP contribution in [-0.4, -0.2) is 22.2 Å².